The van der Waals surface area contributed by atoms with E-state index in [4.69, 9.17) is 4.42 Å². The molecule has 1 aliphatic heterocycles. The van der Waals surface area contributed by atoms with Crippen LogP contribution in [-0.4, -0.2) is 4.57 Å². The van der Waals surface area contributed by atoms with Crippen molar-refractivity contribution in [1.82, 2.24) is 9.88 Å². The minimum Gasteiger partial charge on any atom is -0.456 e. The van der Waals surface area contributed by atoms with Crippen molar-refractivity contribution in [3.05, 3.63) is 196 Å². The molecule has 3 aliphatic rings. The highest BCUT2D eigenvalue weighted by atomic mass is 16.3. The maximum absolute atomic E-state index is 7.16. The maximum Gasteiger partial charge on any atom is 0.139 e. The first-order chi connectivity index (χ1) is 28.7. The summed E-state index contributed by atoms with van der Waals surface area (Å²) >= 11 is 0. The molecule has 3 heteroatoms. The van der Waals surface area contributed by atoms with Crippen molar-refractivity contribution >= 4 is 67.0 Å². The van der Waals surface area contributed by atoms with E-state index in [9.17, 15) is 0 Å². The number of furan rings is 1. The Bertz CT molecular complexity index is 3170. The van der Waals surface area contributed by atoms with Gasteiger partial charge in [-0.2, -0.15) is 0 Å². The molecule has 9 aromatic rings. The summed E-state index contributed by atoms with van der Waals surface area (Å²) < 4.78 is 9.68. The lowest BCUT2D eigenvalue weighted by molar-refractivity contribution is 0.575. The van der Waals surface area contributed by atoms with Crippen LogP contribution < -0.4 is 5.32 Å². The maximum atomic E-state index is 7.16. The van der Waals surface area contributed by atoms with E-state index < -0.39 is 0 Å². The fourth-order valence-corrected chi connectivity index (χ4v) is 10.4. The molecule has 12 rings (SSSR count). The van der Waals surface area contributed by atoms with Crippen LogP contribution in [0.1, 0.15) is 76.9 Å². The summed E-state index contributed by atoms with van der Waals surface area (Å²) in [5.41, 5.74) is 18.6. The summed E-state index contributed by atoms with van der Waals surface area (Å²) in [4.78, 5) is 0. The zero-order chi connectivity index (χ0) is 38.3. The van der Waals surface area contributed by atoms with E-state index in [1.165, 1.54) is 88.3 Å². The molecule has 2 aliphatic carbocycles. The van der Waals surface area contributed by atoms with E-state index in [1.54, 1.807) is 0 Å². The number of hydrogen-bond acceptors (Lipinski definition) is 2. The van der Waals surface area contributed by atoms with Crippen molar-refractivity contribution in [2.75, 3.05) is 0 Å². The quantitative estimate of drug-likeness (QED) is 0.190. The van der Waals surface area contributed by atoms with Crippen LogP contribution in [0.15, 0.2) is 156 Å². The van der Waals surface area contributed by atoms with Crippen LogP contribution in [-0.2, 0) is 12.8 Å². The van der Waals surface area contributed by atoms with Crippen molar-refractivity contribution in [2.45, 2.75) is 45.1 Å². The third-order valence-electron chi connectivity index (χ3n) is 13.0. The molecular weight excluding hydrogens is 705 g/mol. The Morgan fingerprint density at radius 3 is 1.90 bits per heavy atom. The number of para-hydroxylation sites is 2. The second-order valence-electron chi connectivity index (χ2n) is 16.1. The average molecular weight is 747 g/mol. The van der Waals surface area contributed by atoms with E-state index in [-0.39, 0.29) is 6.04 Å². The van der Waals surface area contributed by atoms with Gasteiger partial charge in [0.1, 0.15) is 11.3 Å². The standard InChI is InChI=1S/C55H42N2O/c1-2-37-54(56-53(35-19-7-4-8-20-35)52-44-30-29-36(31-51(44)58-55(37)52)34-17-5-3-6-18-34)47-32-45-40-23-11-9-21-38(40)39-22-10-12-24-41(39)46(45)33-50(47)57-48-27-15-13-25-42(48)43-26-14-16-28-49(43)57/h3-8,11-20,23-33,53,56H,2,9-10,21-22H2,1H3. The zero-order valence-electron chi connectivity index (χ0n) is 32.6. The number of fused-ring (bicyclic) bond motifs is 12. The lowest BCUT2D eigenvalue weighted by Gasteiger charge is -2.32. The van der Waals surface area contributed by atoms with Gasteiger partial charge in [-0.15, -0.1) is 0 Å². The monoisotopic (exact) mass is 746 g/mol. The largest absolute Gasteiger partial charge is 0.456 e. The smallest absolute Gasteiger partial charge is 0.139 e. The topological polar surface area (TPSA) is 30.1 Å². The Morgan fingerprint density at radius 1 is 0.603 bits per heavy atom. The van der Waals surface area contributed by atoms with Crippen LogP contribution in [0.4, 0.5) is 0 Å². The normalized spacial score (nSPS) is 15.9. The third-order valence-corrected chi connectivity index (χ3v) is 13.0. The highest BCUT2D eigenvalue weighted by Crippen LogP contribution is 2.49. The van der Waals surface area contributed by atoms with E-state index >= 15 is 0 Å². The van der Waals surface area contributed by atoms with Crippen LogP contribution in [0.5, 0.6) is 0 Å². The number of benzene rings is 7. The molecule has 0 saturated carbocycles. The van der Waals surface area contributed by atoms with Gasteiger partial charge in [-0.25, -0.2) is 0 Å². The van der Waals surface area contributed by atoms with Crippen LogP contribution in [0.2, 0.25) is 0 Å². The summed E-state index contributed by atoms with van der Waals surface area (Å²) in [6.45, 7) is 2.28. The summed E-state index contributed by atoms with van der Waals surface area (Å²) in [5.74, 6) is 0.980. The predicted octanol–water partition coefficient (Wildman–Crippen LogP) is 14.2. The summed E-state index contributed by atoms with van der Waals surface area (Å²) in [6, 6.07) is 51.0. The molecule has 0 radical (unpaired) electrons. The average Bonchev–Trinajstić information content (AvgIpc) is 3.85. The Labute approximate surface area is 338 Å². The van der Waals surface area contributed by atoms with Gasteiger partial charge < -0.3 is 14.3 Å². The van der Waals surface area contributed by atoms with Crippen LogP contribution in [0, 0.1) is 0 Å². The SMILES string of the molecule is CCC1=C(c2cc3c4c(c5c(c3cc2-n2c3ccccc3c3ccccc32)C=CCC5)CCC=C4)NC(c2ccccc2)c2c1oc1cc(-c3ccccc3)ccc21. The lowest BCUT2D eigenvalue weighted by Crippen LogP contribution is -2.27. The molecular formula is C55H42N2O. The van der Waals surface area contributed by atoms with Crippen molar-refractivity contribution in [1.29, 1.82) is 0 Å². The highest BCUT2D eigenvalue weighted by molar-refractivity contribution is 6.12. The van der Waals surface area contributed by atoms with Gasteiger partial charge >= 0.3 is 0 Å². The van der Waals surface area contributed by atoms with Gasteiger partial charge in [0.15, 0.2) is 0 Å². The second-order valence-corrected chi connectivity index (χ2v) is 16.1. The minimum atomic E-state index is -0.118. The molecule has 0 amide bonds. The predicted molar refractivity (Wildman–Crippen MR) is 243 cm³/mol. The summed E-state index contributed by atoms with van der Waals surface area (Å²) in [7, 11) is 0. The second kappa shape index (κ2) is 13.1. The number of nitrogens with one attached hydrogen (secondary N) is 1. The van der Waals surface area contributed by atoms with Crippen LogP contribution in [0.3, 0.4) is 0 Å². The molecule has 58 heavy (non-hydrogen) atoms. The van der Waals surface area contributed by atoms with Gasteiger partial charge in [0, 0.05) is 32.9 Å². The molecule has 278 valence electrons. The molecule has 0 fully saturated rings. The van der Waals surface area contributed by atoms with Gasteiger partial charge in [-0.3, -0.25) is 0 Å². The number of nitrogens with zero attached hydrogens (tertiary/aromatic N) is 1. The third kappa shape index (κ3) is 4.92. The fraction of sp³-hybridized carbons (Fsp3) is 0.127. The van der Waals surface area contributed by atoms with Crippen LogP contribution >= 0.6 is 0 Å². The molecule has 1 atom stereocenters. The molecule has 0 spiro atoms. The first-order valence-corrected chi connectivity index (χ1v) is 20.9. The van der Waals surface area contributed by atoms with Crippen molar-refractivity contribution in [2.24, 2.45) is 0 Å². The first-order valence-electron chi connectivity index (χ1n) is 20.9. The van der Waals surface area contributed by atoms with E-state index in [1.807, 2.05) is 0 Å². The van der Waals surface area contributed by atoms with Gasteiger partial charge in [-0.1, -0.05) is 140 Å². The summed E-state index contributed by atoms with van der Waals surface area (Å²) in [6.07, 6.45) is 14.7. The highest BCUT2D eigenvalue weighted by Gasteiger charge is 2.35. The first kappa shape index (κ1) is 33.3. The Balaban J connectivity index is 1.21. The molecule has 0 saturated heterocycles. The number of rotatable bonds is 5. The fourth-order valence-electron chi connectivity index (χ4n) is 10.4. The van der Waals surface area contributed by atoms with Gasteiger partial charge in [0.2, 0.25) is 0 Å². The lowest BCUT2D eigenvalue weighted by atomic mass is 9.80. The van der Waals surface area contributed by atoms with E-state index in [0.29, 0.717) is 0 Å². The zero-order valence-corrected chi connectivity index (χ0v) is 32.6. The molecule has 1 unspecified atom stereocenters. The Kier molecular flexibility index (Phi) is 7.53. The molecule has 3 nitrogen and oxygen atoms in total. The molecule has 3 heterocycles. The molecule has 0 bridgehead atoms. The number of hydrogen-bond donors (Lipinski definition) is 1. The number of allylic oxidation sites excluding steroid dienone is 3. The van der Waals surface area contributed by atoms with Crippen molar-refractivity contribution < 1.29 is 4.42 Å². The minimum absolute atomic E-state index is 0.118. The van der Waals surface area contributed by atoms with Crippen molar-refractivity contribution in [3.63, 3.8) is 0 Å². The van der Waals surface area contributed by atoms with Gasteiger partial charge in [0.25, 0.3) is 0 Å². The van der Waals surface area contributed by atoms with Gasteiger partial charge in [-0.05, 0) is 112 Å². The summed E-state index contributed by atoms with van der Waals surface area (Å²) in [5, 5.41) is 10.6. The molecule has 7 aromatic carbocycles. The van der Waals surface area contributed by atoms with Gasteiger partial charge in [0.05, 0.1) is 28.5 Å². The van der Waals surface area contributed by atoms with E-state index in [0.717, 1.165) is 60.1 Å². The van der Waals surface area contributed by atoms with Crippen molar-refractivity contribution in [3.8, 4) is 16.8 Å². The molecule has 2 aromatic heterocycles. The van der Waals surface area contributed by atoms with Crippen LogP contribution in [0.25, 0.3) is 83.8 Å². The Hall–Kier alpha value is -6.84. The number of aromatic nitrogens is 1. The Morgan fingerprint density at radius 2 is 1.22 bits per heavy atom. The van der Waals surface area contributed by atoms with E-state index in [2.05, 4.69) is 181 Å². The molecule has 1 N–H and O–H groups in total.